The number of carbonyl (C=O) groups excluding carboxylic acids is 2. The van der Waals surface area contributed by atoms with Crippen molar-refractivity contribution < 1.29 is 9.59 Å². The third kappa shape index (κ3) is 3.24. The summed E-state index contributed by atoms with van der Waals surface area (Å²) in [5.74, 6) is 0.188. The van der Waals surface area contributed by atoms with Crippen molar-refractivity contribution in [1.82, 2.24) is 29.8 Å². The Morgan fingerprint density at radius 3 is 2.34 bits per heavy atom. The molecule has 156 valence electrons. The number of likely N-dealkylation sites (tertiary alicyclic amines) is 2. The van der Waals surface area contributed by atoms with Gasteiger partial charge in [0.25, 0.3) is 5.91 Å². The van der Waals surface area contributed by atoms with Gasteiger partial charge in [-0.3, -0.25) is 19.4 Å². The quantitative estimate of drug-likeness (QED) is 0.830. The van der Waals surface area contributed by atoms with Crippen LogP contribution >= 0.6 is 0 Å². The molecule has 8 nitrogen and oxygen atoms in total. The molecule has 8 heteroatoms. The van der Waals surface area contributed by atoms with Crippen molar-refractivity contribution in [3.63, 3.8) is 0 Å². The summed E-state index contributed by atoms with van der Waals surface area (Å²) < 4.78 is 1.81. The van der Waals surface area contributed by atoms with E-state index >= 15 is 0 Å². The number of aromatic nitrogens is 4. The molecule has 1 N–H and O–H groups in total. The Bertz CT molecular complexity index is 900. The lowest BCUT2D eigenvalue weighted by molar-refractivity contribution is -0.130. The number of nitrogens with one attached hydrogen (secondary N) is 1. The first-order valence-corrected chi connectivity index (χ1v) is 10.3. The molecule has 0 aromatic carbocycles. The second-order valence-electron chi connectivity index (χ2n) is 9.19. The molecule has 0 bridgehead atoms. The first-order chi connectivity index (χ1) is 13.8. The lowest BCUT2D eigenvalue weighted by Crippen LogP contribution is -2.38. The van der Waals surface area contributed by atoms with E-state index in [0.717, 1.165) is 29.7 Å². The minimum atomic E-state index is -0.109. The van der Waals surface area contributed by atoms with Crippen LogP contribution in [0.15, 0.2) is 18.6 Å². The standard InChI is InChI=1S/C21H30N6O2/c1-5-6-17-16(10-24-25(17)4)19(29)27-13-20(2)11-26(12-21(20,3)14-27)18(28)7-15-8-22-23-9-15/h8-10H,5-7,11-14H2,1-4H3,(H,22,23)/t20-,21+. The zero-order valence-electron chi connectivity index (χ0n) is 17.7. The lowest BCUT2D eigenvalue weighted by atomic mass is 9.71. The van der Waals surface area contributed by atoms with E-state index in [4.69, 9.17) is 0 Å². The maximum Gasteiger partial charge on any atom is 0.257 e. The predicted molar refractivity (Wildman–Crippen MR) is 108 cm³/mol. The number of nitrogens with zero attached hydrogens (tertiary/aromatic N) is 5. The van der Waals surface area contributed by atoms with E-state index in [-0.39, 0.29) is 22.6 Å². The molecule has 2 aromatic rings. The zero-order valence-corrected chi connectivity index (χ0v) is 17.7. The molecular weight excluding hydrogens is 368 g/mol. The van der Waals surface area contributed by atoms with Gasteiger partial charge in [-0.25, -0.2) is 0 Å². The van der Waals surface area contributed by atoms with Crippen LogP contribution in [0.5, 0.6) is 0 Å². The fourth-order valence-electron chi connectivity index (χ4n) is 4.99. The highest BCUT2D eigenvalue weighted by molar-refractivity contribution is 5.95. The third-order valence-corrected chi connectivity index (χ3v) is 6.95. The summed E-state index contributed by atoms with van der Waals surface area (Å²) in [5, 5.41) is 11.0. The van der Waals surface area contributed by atoms with E-state index in [1.165, 1.54) is 0 Å². The molecular formula is C21H30N6O2. The van der Waals surface area contributed by atoms with Gasteiger partial charge in [-0.05, 0) is 12.0 Å². The Morgan fingerprint density at radius 2 is 1.76 bits per heavy atom. The molecule has 2 fully saturated rings. The Balaban J connectivity index is 1.48. The Labute approximate surface area is 171 Å². The number of H-pyrrole nitrogens is 1. The van der Waals surface area contributed by atoms with E-state index < -0.39 is 0 Å². The molecule has 0 saturated carbocycles. The molecule has 0 radical (unpaired) electrons. The maximum absolute atomic E-state index is 13.3. The van der Waals surface area contributed by atoms with Crippen molar-refractivity contribution in [2.75, 3.05) is 26.2 Å². The summed E-state index contributed by atoms with van der Waals surface area (Å²) in [6, 6.07) is 0. The van der Waals surface area contributed by atoms with Gasteiger partial charge >= 0.3 is 0 Å². The Kier molecular flexibility index (Phi) is 4.75. The summed E-state index contributed by atoms with van der Waals surface area (Å²) in [6.45, 7) is 9.22. The van der Waals surface area contributed by atoms with E-state index in [0.29, 0.717) is 32.6 Å². The fraction of sp³-hybridized carbons (Fsp3) is 0.619. The molecule has 2 saturated heterocycles. The van der Waals surface area contributed by atoms with E-state index in [2.05, 4.69) is 36.1 Å². The van der Waals surface area contributed by atoms with Crippen LogP contribution < -0.4 is 0 Å². The zero-order chi connectivity index (χ0) is 20.8. The topological polar surface area (TPSA) is 87.1 Å². The van der Waals surface area contributed by atoms with Gasteiger partial charge in [0.15, 0.2) is 0 Å². The number of rotatable bonds is 5. The van der Waals surface area contributed by atoms with E-state index in [1.807, 2.05) is 21.5 Å². The largest absolute Gasteiger partial charge is 0.341 e. The van der Waals surface area contributed by atoms with Gasteiger partial charge < -0.3 is 9.80 Å². The van der Waals surface area contributed by atoms with Gasteiger partial charge in [0.2, 0.25) is 5.91 Å². The van der Waals surface area contributed by atoms with Crippen LogP contribution in [0.25, 0.3) is 0 Å². The number of fused-ring (bicyclic) bond motifs is 1. The molecule has 2 aromatic heterocycles. The molecule has 0 spiro atoms. The van der Waals surface area contributed by atoms with Gasteiger partial charge in [0, 0.05) is 50.3 Å². The summed E-state index contributed by atoms with van der Waals surface area (Å²) in [7, 11) is 1.90. The van der Waals surface area contributed by atoms with Gasteiger partial charge in [0.05, 0.1) is 30.1 Å². The predicted octanol–water partition coefficient (Wildman–Crippen LogP) is 1.65. The highest BCUT2D eigenvalue weighted by Gasteiger charge is 2.59. The summed E-state index contributed by atoms with van der Waals surface area (Å²) in [5.41, 5.74) is 2.40. The number of aryl methyl sites for hydroxylation is 1. The van der Waals surface area contributed by atoms with Crippen molar-refractivity contribution in [3.05, 3.63) is 35.4 Å². The average molecular weight is 399 g/mol. The molecule has 2 aliphatic rings. The van der Waals surface area contributed by atoms with Crippen molar-refractivity contribution in [2.45, 2.75) is 40.0 Å². The SMILES string of the molecule is CCCc1c(C(=O)N2C[C@]3(C)CN(C(=O)Cc4cn[nH]c4)C[C@]3(C)C2)cnn1C. The molecule has 2 aliphatic heterocycles. The van der Waals surface area contributed by atoms with Crippen molar-refractivity contribution in [2.24, 2.45) is 17.9 Å². The third-order valence-electron chi connectivity index (χ3n) is 6.95. The van der Waals surface area contributed by atoms with Crippen LogP contribution in [0.2, 0.25) is 0 Å². The highest BCUT2D eigenvalue weighted by atomic mass is 16.2. The second kappa shape index (κ2) is 7.00. The minimum Gasteiger partial charge on any atom is -0.341 e. The summed E-state index contributed by atoms with van der Waals surface area (Å²) in [4.78, 5) is 30.0. The van der Waals surface area contributed by atoms with E-state index in [1.54, 1.807) is 18.6 Å². The molecule has 29 heavy (non-hydrogen) atoms. The molecule has 2 atom stereocenters. The van der Waals surface area contributed by atoms with Crippen LogP contribution in [0.1, 0.15) is 48.8 Å². The first kappa shape index (κ1) is 19.7. The molecule has 4 rings (SSSR count). The highest BCUT2D eigenvalue weighted by Crippen LogP contribution is 2.51. The van der Waals surface area contributed by atoms with Crippen molar-refractivity contribution in [3.8, 4) is 0 Å². The number of carbonyl (C=O) groups is 2. The number of hydrogen-bond acceptors (Lipinski definition) is 4. The fourth-order valence-corrected chi connectivity index (χ4v) is 4.99. The van der Waals surface area contributed by atoms with Gasteiger partial charge in [-0.2, -0.15) is 10.2 Å². The van der Waals surface area contributed by atoms with Crippen LogP contribution in [0.3, 0.4) is 0 Å². The molecule has 0 aliphatic carbocycles. The number of hydrogen-bond donors (Lipinski definition) is 1. The van der Waals surface area contributed by atoms with E-state index in [9.17, 15) is 9.59 Å². The van der Waals surface area contributed by atoms with Crippen molar-refractivity contribution in [1.29, 1.82) is 0 Å². The van der Waals surface area contributed by atoms with Crippen LogP contribution in [0, 0.1) is 10.8 Å². The van der Waals surface area contributed by atoms with Gasteiger partial charge in [0.1, 0.15) is 0 Å². The van der Waals surface area contributed by atoms with Crippen LogP contribution in [-0.2, 0) is 24.7 Å². The van der Waals surface area contributed by atoms with Crippen LogP contribution in [0.4, 0.5) is 0 Å². The second-order valence-corrected chi connectivity index (χ2v) is 9.19. The maximum atomic E-state index is 13.3. The average Bonchev–Trinajstić information content (AvgIpc) is 3.39. The molecule has 0 unspecified atom stereocenters. The lowest BCUT2D eigenvalue weighted by Gasteiger charge is -2.29. The monoisotopic (exact) mass is 398 g/mol. The van der Waals surface area contributed by atoms with Gasteiger partial charge in [-0.15, -0.1) is 0 Å². The summed E-state index contributed by atoms with van der Waals surface area (Å²) in [6.07, 6.45) is 7.34. The number of aromatic amines is 1. The minimum absolute atomic E-state index is 0.0645. The molecule has 4 heterocycles. The van der Waals surface area contributed by atoms with Gasteiger partial charge in [-0.1, -0.05) is 27.2 Å². The smallest absolute Gasteiger partial charge is 0.257 e. The van der Waals surface area contributed by atoms with Crippen molar-refractivity contribution >= 4 is 11.8 Å². The number of amides is 2. The summed E-state index contributed by atoms with van der Waals surface area (Å²) >= 11 is 0. The van der Waals surface area contributed by atoms with Crippen LogP contribution in [-0.4, -0.2) is 67.8 Å². The first-order valence-electron chi connectivity index (χ1n) is 10.3. The Hall–Kier alpha value is -2.64. The Morgan fingerprint density at radius 1 is 1.10 bits per heavy atom. The normalized spacial score (nSPS) is 26.2. The molecule has 2 amide bonds.